The van der Waals surface area contributed by atoms with Crippen LogP contribution in [0.25, 0.3) is 27.5 Å². The van der Waals surface area contributed by atoms with Crippen molar-refractivity contribution >= 4 is 66.8 Å². The summed E-state index contributed by atoms with van der Waals surface area (Å²) in [7, 11) is 0. The molecule has 0 saturated carbocycles. The highest BCUT2D eigenvalue weighted by molar-refractivity contribution is 9.10. The molecule has 11 nitrogen and oxygen atoms in total. The van der Waals surface area contributed by atoms with E-state index in [1.165, 1.54) is 22.8 Å². The summed E-state index contributed by atoms with van der Waals surface area (Å²) in [5.74, 6) is -1.23. The topological polar surface area (TPSA) is 156 Å². The number of fused-ring (bicyclic) bond motifs is 2. The molecule has 3 aromatic carbocycles. The van der Waals surface area contributed by atoms with Gasteiger partial charge in [-0.15, -0.1) is 10.2 Å². The van der Waals surface area contributed by atoms with Crippen LogP contribution < -0.4 is 5.56 Å². The number of nitro groups is 1. The van der Waals surface area contributed by atoms with Gasteiger partial charge in [0.2, 0.25) is 5.88 Å². The maximum Gasteiger partial charge on any atom is 0.275 e. The second-order valence-corrected chi connectivity index (χ2v) is 9.58. The minimum absolute atomic E-state index is 0.0901. The second kappa shape index (κ2) is 9.95. The van der Waals surface area contributed by atoms with Crippen LogP contribution in [0.15, 0.2) is 91.4 Å². The lowest BCUT2D eigenvalue weighted by Crippen LogP contribution is -2.22. The van der Waals surface area contributed by atoms with Gasteiger partial charge in [-0.25, -0.2) is 4.98 Å². The zero-order chi connectivity index (χ0) is 26.1. The lowest BCUT2D eigenvalue weighted by Gasteiger charge is -2.12. The number of benzene rings is 3. The Labute approximate surface area is 220 Å². The molecule has 0 aliphatic rings. The number of azo groups is 1. The fourth-order valence-electron chi connectivity index (χ4n) is 3.67. The standard InChI is InChI=1S/C24H15BrN6O5S/c25-13-6-8-19-17(10-13)23(34)30(14-4-2-1-3-5-14)24(27-19)37-12-20(32)28-29-21-16-11-15(31(35)36)7-9-18(16)26-22(21)33/h1-11,26,33H,12H2. The fraction of sp³-hybridized carbons (Fsp3) is 0.0417. The first-order valence-corrected chi connectivity index (χ1v) is 12.4. The van der Waals surface area contributed by atoms with E-state index in [1.807, 2.05) is 6.07 Å². The van der Waals surface area contributed by atoms with E-state index in [9.17, 15) is 24.8 Å². The zero-order valence-corrected chi connectivity index (χ0v) is 21.1. The Morgan fingerprint density at radius 1 is 1.14 bits per heavy atom. The number of rotatable bonds is 6. The number of amides is 1. The average molecular weight is 579 g/mol. The Morgan fingerprint density at radius 2 is 1.92 bits per heavy atom. The Morgan fingerprint density at radius 3 is 2.68 bits per heavy atom. The van der Waals surface area contributed by atoms with Crippen molar-refractivity contribution in [3.63, 3.8) is 0 Å². The molecule has 0 fully saturated rings. The summed E-state index contributed by atoms with van der Waals surface area (Å²) in [6.45, 7) is 0. The van der Waals surface area contributed by atoms with E-state index in [0.29, 0.717) is 27.3 Å². The number of nitrogens with zero attached hydrogens (tertiary/aromatic N) is 5. The third-order valence-corrected chi connectivity index (χ3v) is 6.76. The lowest BCUT2D eigenvalue weighted by atomic mass is 10.2. The first-order chi connectivity index (χ1) is 17.8. The molecule has 5 aromatic rings. The number of nitro benzene ring substituents is 1. The number of carbonyl (C=O) groups is 1. The van der Waals surface area contributed by atoms with Crippen LogP contribution in [-0.2, 0) is 4.79 Å². The van der Waals surface area contributed by atoms with Crippen molar-refractivity contribution in [1.29, 1.82) is 0 Å². The molecule has 5 rings (SSSR count). The normalized spacial score (nSPS) is 11.5. The minimum Gasteiger partial charge on any atom is -0.493 e. The van der Waals surface area contributed by atoms with E-state index in [2.05, 4.69) is 36.1 Å². The van der Waals surface area contributed by atoms with Crippen LogP contribution in [0.4, 0.5) is 11.4 Å². The number of halogens is 1. The molecule has 0 radical (unpaired) electrons. The van der Waals surface area contributed by atoms with Crippen LogP contribution in [0, 0.1) is 10.1 Å². The number of aromatic hydroxyl groups is 1. The molecule has 184 valence electrons. The number of aromatic nitrogens is 3. The monoisotopic (exact) mass is 578 g/mol. The number of nitrogens with one attached hydrogen (secondary N) is 1. The van der Waals surface area contributed by atoms with Crippen molar-refractivity contribution < 1.29 is 14.8 Å². The molecule has 0 bridgehead atoms. The molecule has 37 heavy (non-hydrogen) atoms. The minimum atomic E-state index is -0.658. The molecule has 2 heterocycles. The van der Waals surface area contributed by atoms with E-state index in [-0.39, 0.29) is 34.0 Å². The summed E-state index contributed by atoms with van der Waals surface area (Å²) in [5.41, 5.74) is 0.883. The molecule has 0 aliphatic heterocycles. The summed E-state index contributed by atoms with van der Waals surface area (Å²) < 4.78 is 2.16. The van der Waals surface area contributed by atoms with Crippen LogP contribution in [-0.4, -0.2) is 36.2 Å². The summed E-state index contributed by atoms with van der Waals surface area (Å²) >= 11 is 4.39. The maximum atomic E-state index is 13.3. The molecule has 2 N–H and O–H groups in total. The van der Waals surface area contributed by atoms with E-state index in [1.54, 1.807) is 42.5 Å². The van der Waals surface area contributed by atoms with Crippen LogP contribution >= 0.6 is 27.7 Å². The van der Waals surface area contributed by atoms with Crippen molar-refractivity contribution in [1.82, 2.24) is 14.5 Å². The van der Waals surface area contributed by atoms with Gasteiger partial charge in [-0.3, -0.25) is 24.3 Å². The van der Waals surface area contributed by atoms with Gasteiger partial charge < -0.3 is 10.1 Å². The average Bonchev–Trinajstić information content (AvgIpc) is 3.21. The second-order valence-electron chi connectivity index (χ2n) is 7.72. The van der Waals surface area contributed by atoms with Crippen LogP contribution in [0.2, 0.25) is 0 Å². The zero-order valence-electron chi connectivity index (χ0n) is 18.7. The van der Waals surface area contributed by atoms with Crippen molar-refractivity contribution in [2.75, 3.05) is 5.75 Å². The molecule has 0 atom stereocenters. The van der Waals surface area contributed by atoms with Crippen molar-refractivity contribution in [2.24, 2.45) is 10.2 Å². The van der Waals surface area contributed by atoms with Crippen LogP contribution in [0.3, 0.4) is 0 Å². The molecule has 13 heteroatoms. The molecule has 1 amide bonds. The number of para-hydroxylation sites is 1. The highest BCUT2D eigenvalue weighted by Gasteiger charge is 2.17. The first kappa shape index (κ1) is 24.3. The lowest BCUT2D eigenvalue weighted by molar-refractivity contribution is -0.384. The van der Waals surface area contributed by atoms with Gasteiger partial charge in [0.15, 0.2) is 10.8 Å². The quantitative estimate of drug-likeness (QED) is 0.0866. The van der Waals surface area contributed by atoms with Gasteiger partial charge in [0.25, 0.3) is 17.2 Å². The van der Waals surface area contributed by atoms with Gasteiger partial charge in [-0.2, -0.15) is 0 Å². The highest BCUT2D eigenvalue weighted by Crippen LogP contribution is 2.37. The Hall–Kier alpha value is -4.36. The molecule has 0 spiro atoms. The van der Waals surface area contributed by atoms with Gasteiger partial charge >= 0.3 is 0 Å². The highest BCUT2D eigenvalue weighted by atomic mass is 79.9. The SMILES string of the molecule is O=C(CSc1nc2ccc(Br)cc2c(=O)n1-c1ccccc1)N=Nc1c(O)[nH]c2ccc([N+](=O)[O-])cc12. The van der Waals surface area contributed by atoms with Gasteiger partial charge in [-0.1, -0.05) is 45.9 Å². The van der Waals surface area contributed by atoms with Gasteiger partial charge in [-0.05, 0) is 36.4 Å². The molecular formula is C24H15BrN6O5S. The third-order valence-electron chi connectivity index (χ3n) is 5.35. The number of hydrogen-bond acceptors (Lipinski definition) is 8. The molecule has 0 unspecified atom stereocenters. The van der Waals surface area contributed by atoms with E-state index in [0.717, 1.165) is 16.2 Å². The Bertz CT molecular complexity index is 1780. The largest absolute Gasteiger partial charge is 0.493 e. The Kier molecular flexibility index (Phi) is 6.54. The smallest absolute Gasteiger partial charge is 0.275 e. The van der Waals surface area contributed by atoms with E-state index < -0.39 is 10.8 Å². The summed E-state index contributed by atoms with van der Waals surface area (Å²) in [6, 6.07) is 18.0. The summed E-state index contributed by atoms with van der Waals surface area (Å²) in [5, 5.41) is 29.7. The molecule has 0 saturated heterocycles. The van der Waals surface area contributed by atoms with E-state index in [4.69, 9.17) is 0 Å². The van der Waals surface area contributed by atoms with Gasteiger partial charge in [0.1, 0.15) is 0 Å². The van der Waals surface area contributed by atoms with Gasteiger partial charge in [0.05, 0.1) is 32.8 Å². The van der Waals surface area contributed by atoms with Crippen molar-refractivity contribution in [3.05, 3.63) is 91.7 Å². The van der Waals surface area contributed by atoms with Crippen LogP contribution in [0.5, 0.6) is 5.88 Å². The maximum absolute atomic E-state index is 13.3. The molecular weight excluding hydrogens is 564 g/mol. The molecule has 0 aliphatic carbocycles. The number of aromatic amines is 1. The number of carbonyl (C=O) groups excluding carboxylic acids is 1. The first-order valence-electron chi connectivity index (χ1n) is 10.7. The number of hydrogen-bond donors (Lipinski definition) is 2. The number of thioether (sulfide) groups is 1. The Balaban J connectivity index is 1.45. The predicted molar refractivity (Wildman–Crippen MR) is 142 cm³/mol. The van der Waals surface area contributed by atoms with Gasteiger partial charge in [0, 0.05) is 22.0 Å². The summed E-state index contributed by atoms with van der Waals surface area (Å²) in [4.78, 5) is 43.7. The predicted octanol–water partition coefficient (Wildman–Crippen LogP) is 5.65. The third kappa shape index (κ3) is 4.86. The van der Waals surface area contributed by atoms with E-state index >= 15 is 0 Å². The van der Waals surface area contributed by atoms with Crippen LogP contribution in [0.1, 0.15) is 0 Å². The van der Waals surface area contributed by atoms with Crippen molar-refractivity contribution in [2.45, 2.75) is 5.16 Å². The fourth-order valence-corrected chi connectivity index (χ4v) is 4.82. The summed E-state index contributed by atoms with van der Waals surface area (Å²) in [6.07, 6.45) is 0. The number of non-ortho nitro benzene ring substituents is 1. The molecule has 2 aromatic heterocycles. The number of H-pyrrole nitrogens is 1. The van der Waals surface area contributed by atoms with Crippen molar-refractivity contribution in [3.8, 4) is 11.6 Å².